The van der Waals surface area contributed by atoms with Crippen molar-refractivity contribution in [3.63, 3.8) is 0 Å². The summed E-state index contributed by atoms with van der Waals surface area (Å²) in [4.78, 5) is 5.16. The average Bonchev–Trinajstić information content (AvgIpc) is 2.08. The van der Waals surface area contributed by atoms with Gasteiger partial charge < -0.3 is 11.5 Å². The van der Waals surface area contributed by atoms with Gasteiger partial charge in [-0.3, -0.25) is 0 Å². The van der Waals surface area contributed by atoms with Crippen LogP contribution in [-0.4, -0.2) is 4.98 Å². The van der Waals surface area contributed by atoms with E-state index in [1.807, 2.05) is 20.8 Å². The summed E-state index contributed by atoms with van der Waals surface area (Å²) >= 11 is 1.46. The summed E-state index contributed by atoms with van der Waals surface area (Å²) in [6.45, 7) is 5.83. The lowest BCUT2D eigenvalue weighted by Gasteiger charge is -2.16. The molecule has 11 heavy (non-hydrogen) atoms. The van der Waals surface area contributed by atoms with Gasteiger partial charge in [0.05, 0.1) is 5.69 Å². The van der Waals surface area contributed by atoms with Crippen molar-refractivity contribution < 1.29 is 0 Å². The fraction of sp³-hybridized carbons (Fsp3) is 0.571. The maximum atomic E-state index is 5.89. The van der Waals surface area contributed by atoms with Crippen molar-refractivity contribution in [3.05, 3.63) is 10.6 Å². The Bertz CT molecular complexity index is 259. The number of nitrogens with two attached hydrogens (primary N) is 2. The van der Waals surface area contributed by atoms with Crippen LogP contribution in [0.25, 0.3) is 0 Å². The number of thiazole rings is 1. The maximum absolute atomic E-state index is 5.89. The fourth-order valence-corrected chi connectivity index (χ4v) is 1.86. The van der Waals surface area contributed by atoms with E-state index in [-0.39, 0.29) is 5.54 Å². The molecule has 1 aromatic heterocycles. The molecule has 0 fully saturated rings. The van der Waals surface area contributed by atoms with Crippen molar-refractivity contribution >= 4 is 16.5 Å². The highest BCUT2D eigenvalue weighted by molar-refractivity contribution is 7.15. The number of aromatic nitrogens is 1. The molecule has 1 rings (SSSR count). The normalized spacial score (nSPS) is 12.0. The fourth-order valence-electron chi connectivity index (χ4n) is 1.02. The van der Waals surface area contributed by atoms with Crippen LogP contribution in [0.2, 0.25) is 0 Å². The molecule has 62 valence electrons. The SMILES string of the molecule is Cc1nc(N)sc1C(C)(C)N. The van der Waals surface area contributed by atoms with Crippen LogP contribution in [0.4, 0.5) is 5.13 Å². The largest absolute Gasteiger partial charge is 0.375 e. The molecule has 0 spiro atoms. The first-order chi connectivity index (χ1) is 4.91. The van der Waals surface area contributed by atoms with E-state index in [0.29, 0.717) is 5.13 Å². The monoisotopic (exact) mass is 171 g/mol. The van der Waals surface area contributed by atoms with Crippen LogP contribution in [0.15, 0.2) is 0 Å². The van der Waals surface area contributed by atoms with Crippen LogP contribution in [0, 0.1) is 6.92 Å². The van der Waals surface area contributed by atoms with E-state index in [4.69, 9.17) is 11.5 Å². The van der Waals surface area contributed by atoms with Crippen LogP contribution < -0.4 is 11.5 Å². The Morgan fingerprint density at radius 2 is 2.00 bits per heavy atom. The molecule has 1 aromatic rings. The highest BCUT2D eigenvalue weighted by atomic mass is 32.1. The summed E-state index contributed by atoms with van der Waals surface area (Å²) < 4.78 is 0. The Kier molecular flexibility index (Phi) is 1.90. The third-order valence-electron chi connectivity index (χ3n) is 1.40. The Hall–Kier alpha value is -0.610. The number of rotatable bonds is 1. The Labute approximate surface area is 70.4 Å². The molecule has 0 unspecified atom stereocenters. The van der Waals surface area contributed by atoms with Gasteiger partial charge >= 0.3 is 0 Å². The van der Waals surface area contributed by atoms with Gasteiger partial charge in [-0.2, -0.15) is 0 Å². The number of nitrogens with zero attached hydrogens (tertiary/aromatic N) is 1. The molecule has 3 nitrogen and oxygen atoms in total. The molecule has 0 bridgehead atoms. The van der Waals surface area contributed by atoms with Crippen molar-refractivity contribution in [2.24, 2.45) is 5.73 Å². The number of aryl methyl sites for hydroxylation is 1. The second-order valence-corrected chi connectivity index (χ2v) is 4.22. The van der Waals surface area contributed by atoms with Crippen molar-refractivity contribution in [1.29, 1.82) is 0 Å². The van der Waals surface area contributed by atoms with E-state index < -0.39 is 0 Å². The van der Waals surface area contributed by atoms with Crippen LogP contribution in [0.1, 0.15) is 24.4 Å². The number of nitrogen functional groups attached to an aromatic ring is 1. The Balaban J connectivity index is 3.13. The summed E-state index contributed by atoms with van der Waals surface area (Å²) in [5.74, 6) is 0. The number of hydrogen-bond donors (Lipinski definition) is 2. The zero-order valence-corrected chi connectivity index (χ0v) is 7.83. The predicted molar refractivity (Wildman–Crippen MR) is 48.5 cm³/mol. The molecular weight excluding hydrogens is 158 g/mol. The molecular formula is C7H13N3S. The van der Waals surface area contributed by atoms with Crippen molar-refractivity contribution in [2.75, 3.05) is 5.73 Å². The third-order valence-corrected chi connectivity index (χ3v) is 2.72. The van der Waals surface area contributed by atoms with Crippen LogP contribution in [-0.2, 0) is 5.54 Å². The van der Waals surface area contributed by atoms with Gasteiger partial charge in [-0.1, -0.05) is 0 Å². The molecule has 0 aliphatic rings. The van der Waals surface area contributed by atoms with E-state index in [9.17, 15) is 0 Å². The number of anilines is 1. The molecule has 1 heterocycles. The van der Waals surface area contributed by atoms with E-state index >= 15 is 0 Å². The molecule has 0 aliphatic heterocycles. The van der Waals surface area contributed by atoms with Gasteiger partial charge in [0.25, 0.3) is 0 Å². The van der Waals surface area contributed by atoms with E-state index in [1.165, 1.54) is 11.3 Å². The van der Waals surface area contributed by atoms with E-state index in [2.05, 4.69) is 4.98 Å². The zero-order valence-electron chi connectivity index (χ0n) is 7.01. The van der Waals surface area contributed by atoms with Crippen LogP contribution in [0.3, 0.4) is 0 Å². The molecule has 0 saturated carbocycles. The minimum Gasteiger partial charge on any atom is -0.375 e. The van der Waals surface area contributed by atoms with Gasteiger partial charge in [0.1, 0.15) is 0 Å². The predicted octanol–water partition coefficient (Wildman–Crippen LogP) is 1.23. The highest BCUT2D eigenvalue weighted by Gasteiger charge is 2.20. The molecule has 0 atom stereocenters. The molecule has 4 heteroatoms. The second kappa shape index (κ2) is 2.46. The first-order valence-corrected chi connectivity index (χ1v) is 4.25. The van der Waals surface area contributed by atoms with Gasteiger partial charge in [0, 0.05) is 10.4 Å². The third kappa shape index (κ3) is 1.70. The minimum atomic E-state index is -0.320. The lowest BCUT2D eigenvalue weighted by molar-refractivity contribution is 0.562. The van der Waals surface area contributed by atoms with Crippen molar-refractivity contribution in [2.45, 2.75) is 26.3 Å². The smallest absolute Gasteiger partial charge is 0.180 e. The summed E-state index contributed by atoms with van der Waals surface area (Å²) in [5.41, 5.74) is 12.0. The highest BCUT2D eigenvalue weighted by Crippen LogP contribution is 2.28. The average molecular weight is 171 g/mol. The van der Waals surface area contributed by atoms with Crippen LogP contribution >= 0.6 is 11.3 Å². The first-order valence-electron chi connectivity index (χ1n) is 3.43. The molecule has 0 aromatic carbocycles. The van der Waals surface area contributed by atoms with E-state index in [0.717, 1.165) is 10.6 Å². The quantitative estimate of drug-likeness (QED) is 0.668. The minimum absolute atomic E-state index is 0.320. The van der Waals surface area contributed by atoms with Gasteiger partial charge in [-0.05, 0) is 20.8 Å². The molecule has 0 aliphatic carbocycles. The van der Waals surface area contributed by atoms with Gasteiger partial charge in [-0.15, -0.1) is 11.3 Å². The summed E-state index contributed by atoms with van der Waals surface area (Å²) in [6, 6.07) is 0. The standard InChI is InChI=1S/C7H13N3S/c1-4-5(7(2,3)9)11-6(8)10-4/h9H2,1-3H3,(H2,8,10). The lowest BCUT2D eigenvalue weighted by atomic mass is 10.0. The molecule has 4 N–H and O–H groups in total. The topological polar surface area (TPSA) is 64.9 Å². The van der Waals surface area contributed by atoms with E-state index in [1.54, 1.807) is 0 Å². The second-order valence-electron chi connectivity index (χ2n) is 3.19. The van der Waals surface area contributed by atoms with Crippen molar-refractivity contribution in [1.82, 2.24) is 4.98 Å². The van der Waals surface area contributed by atoms with Gasteiger partial charge in [-0.25, -0.2) is 4.98 Å². The van der Waals surface area contributed by atoms with Gasteiger partial charge in [0.15, 0.2) is 5.13 Å². The Morgan fingerprint density at radius 1 is 1.45 bits per heavy atom. The molecule has 0 saturated heterocycles. The summed E-state index contributed by atoms with van der Waals surface area (Å²) in [7, 11) is 0. The Morgan fingerprint density at radius 3 is 2.18 bits per heavy atom. The maximum Gasteiger partial charge on any atom is 0.180 e. The lowest BCUT2D eigenvalue weighted by Crippen LogP contribution is -2.28. The molecule has 0 radical (unpaired) electrons. The van der Waals surface area contributed by atoms with Crippen molar-refractivity contribution in [3.8, 4) is 0 Å². The number of hydrogen-bond acceptors (Lipinski definition) is 4. The zero-order chi connectivity index (χ0) is 8.65. The van der Waals surface area contributed by atoms with Gasteiger partial charge in [0.2, 0.25) is 0 Å². The summed E-state index contributed by atoms with van der Waals surface area (Å²) in [5, 5.41) is 0.594. The molecule has 0 amide bonds. The first kappa shape index (κ1) is 8.49. The summed E-state index contributed by atoms with van der Waals surface area (Å²) in [6.07, 6.45) is 0. The van der Waals surface area contributed by atoms with Crippen LogP contribution in [0.5, 0.6) is 0 Å².